The highest BCUT2D eigenvalue weighted by atomic mass is 16.4. The van der Waals surface area contributed by atoms with E-state index in [1.807, 2.05) is 13.8 Å². The van der Waals surface area contributed by atoms with E-state index in [1.54, 1.807) is 6.92 Å². The summed E-state index contributed by atoms with van der Waals surface area (Å²) >= 11 is 0. The third-order valence-corrected chi connectivity index (χ3v) is 4.07. The van der Waals surface area contributed by atoms with Gasteiger partial charge in [0.05, 0.1) is 11.3 Å². The van der Waals surface area contributed by atoms with Crippen LogP contribution in [0.1, 0.15) is 33.6 Å². The molecule has 1 saturated carbocycles. The predicted octanol–water partition coefficient (Wildman–Crippen LogP) is 0.999. The molecule has 0 aromatic carbocycles. The predicted molar refractivity (Wildman–Crippen MR) is 51.4 cm³/mol. The molecule has 0 aliphatic heterocycles. The largest absolute Gasteiger partial charge is 0.481 e. The van der Waals surface area contributed by atoms with Crippen LogP contribution in [0.15, 0.2) is 0 Å². The normalized spacial score (nSPS) is 35.5. The molecule has 1 aliphatic rings. The van der Waals surface area contributed by atoms with Crippen molar-refractivity contribution >= 4 is 11.9 Å². The number of nitrogens with two attached hydrogens (primary N) is 1. The maximum atomic E-state index is 11.3. The minimum Gasteiger partial charge on any atom is -0.481 e. The van der Waals surface area contributed by atoms with E-state index in [0.29, 0.717) is 12.8 Å². The van der Waals surface area contributed by atoms with Crippen molar-refractivity contribution in [2.24, 2.45) is 22.5 Å². The van der Waals surface area contributed by atoms with Gasteiger partial charge in [-0.05, 0) is 18.3 Å². The summed E-state index contributed by atoms with van der Waals surface area (Å²) < 4.78 is 0. The van der Waals surface area contributed by atoms with Crippen LogP contribution < -0.4 is 5.73 Å². The van der Waals surface area contributed by atoms with E-state index in [-0.39, 0.29) is 0 Å². The molecule has 0 aromatic heterocycles. The van der Waals surface area contributed by atoms with Crippen LogP contribution in [0.5, 0.6) is 0 Å². The van der Waals surface area contributed by atoms with Crippen molar-refractivity contribution in [3.8, 4) is 0 Å². The topological polar surface area (TPSA) is 80.4 Å². The second-order valence-corrected chi connectivity index (χ2v) is 4.85. The van der Waals surface area contributed by atoms with Crippen molar-refractivity contribution in [2.45, 2.75) is 33.6 Å². The van der Waals surface area contributed by atoms with Crippen molar-refractivity contribution in [2.75, 3.05) is 0 Å². The van der Waals surface area contributed by atoms with Gasteiger partial charge in [0.25, 0.3) is 0 Å². The number of carbonyl (C=O) groups excluding carboxylic acids is 1. The summed E-state index contributed by atoms with van der Waals surface area (Å²) in [6.07, 6.45) is 1.09. The third-order valence-electron chi connectivity index (χ3n) is 4.07. The van der Waals surface area contributed by atoms with E-state index in [0.717, 1.165) is 0 Å². The van der Waals surface area contributed by atoms with Crippen molar-refractivity contribution in [1.29, 1.82) is 0 Å². The lowest BCUT2D eigenvalue weighted by Crippen LogP contribution is -2.45. The van der Waals surface area contributed by atoms with Gasteiger partial charge in [0.2, 0.25) is 5.91 Å². The van der Waals surface area contributed by atoms with Crippen molar-refractivity contribution in [3.05, 3.63) is 0 Å². The first-order valence-electron chi connectivity index (χ1n) is 4.76. The van der Waals surface area contributed by atoms with Crippen LogP contribution in [-0.2, 0) is 9.59 Å². The van der Waals surface area contributed by atoms with Crippen molar-refractivity contribution < 1.29 is 14.7 Å². The fourth-order valence-electron chi connectivity index (χ4n) is 2.37. The van der Waals surface area contributed by atoms with Crippen molar-refractivity contribution in [3.63, 3.8) is 0 Å². The summed E-state index contributed by atoms with van der Waals surface area (Å²) in [5.41, 5.74) is 4.07. The highest BCUT2D eigenvalue weighted by Crippen LogP contribution is 2.55. The molecule has 3 N–H and O–H groups in total. The third kappa shape index (κ3) is 1.21. The molecule has 0 heterocycles. The molecular formula is C10H17NO3. The quantitative estimate of drug-likeness (QED) is 0.696. The second kappa shape index (κ2) is 2.97. The fourth-order valence-corrected chi connectivity index (χ4v) is 2.37. The molecule has 0 unspecified atom stereocenters. The Morgan fingerprint density at radius 1 is 1.36 bits per heavy atom. The molecule has 1 rings (SSSR count). The number of carboxylic acids is 1. The SMILES string of the molecule is CC1(C)[C@@H](C(=O)O)CC[C@@]1(C)C(N)=O. The maximum Gasteiger partial charge on any atom is 0.307 e. The van der Waals surface area contributed by atoms with Crippen LogP contribution in [0.4, 0.5) is 0 Å². The monoisotopic (exact) mass is 199 g/mol. The number of primary amides is 1. The summed E-state index contributed by atoms with van der Waals surface area (Å²) in [5.74, 6) is -1.70. The Balaban J connectivity index is 3.08. The van der Waals surface area contributed by atoms with Gasteiger partial charge in [-0.3, -0.25) is 9.59 Å². The van der Waals surface area contributed by atoms with E-state index >= 15 is 0 Å². The van der Waals surface area contributed by atoms with Crippen LogP contribution >= 0.6 is 0 Å². The molecule has 1 fully saturated rings. The summed E-state index contributed by atoms with van der Waals surface area (Å²) in [6.45, 7) is 5.38. The second-order valence-electron chi connectivity index (χ2n) is 4.85. The van der Waals surface area contributed by atoms with E-state index in [2.05, 4.69) is 0 Å². The first kappa shape index (κ1) is 11.0. The van der Waals surface area contributed by atoms with Crippen LogP contribution in [0.2, 0.25) is 0 Å². The molecule has 4 nitrogen and oxygen atoms in total. The highest BCUT2D eigenvalue weighted by molar-refractivity contribution is 5.84. The summed E-state index contributed by atoms with van der Waals surface area (Å²) in [5, 5.41) is 9.01. The Hall–Kier alpha value is -1.06. The molecule has 2 atom stereocenters. The Bertz CT molecular complexity index is 285. The van der Waals surface area contributed by atoms with E-state index in [9.17, 15) is 9.59 Å². The minimum atomic E-state index is -0.833. The fraction of sp³-hybridized carbons (Fsp3) is 0.800. The van der Waals surface area contributed by atoms with E-state index < -0.39 is 28.6 Å². The van der Waals surface area contributed by atoms with Gasteiger partial charge < -0.3 is 10.8 Å². The van der Waals surface area contributed by atoms with E-state index in [4.69, 9.17) is 10.8 Å². The Labute approximate surface area is 83.5 Å². The average Bonchev–Trinajstić information content (AvgIpc) is 2.24. The molecule has 14 heavy (non-hydrogen) atoms. The summed E-state index contributed by atoms with van der Waals surface area (Å²) in [6, 6.07) is 0. The Kier molecular flexibility index (Phi) is 2.34. The lowest BCUT2D eigenvalue weighted by Gasteiger charge is -2.37. The number of rotatable bonds is 2. The zero-order valence-corrected chi connectivity index (χ0v) is 8.83. The minimum absolute atomic E-state index is 0.397. The zero-order valence-electron chi connectivity index (χ0n) is 8.83. The lowest BCUT2D eigenvalue weighted by molar-refractivity contribution is -0.148. The highest BCUT2D eigenvalue weighted by Gasteiger charge is 2.57. The van der Waals surface area contributed by atoms with Crippen LogP contribution in [0.25, 0.3) is 0 Å². The number of aliphatic carboxylic acids is 1. The zero-order chi connectivity index (χ0) is 11.1. The van der Waals surface area contributed by atoms with Crippen LogP contribution in [0, 0.1) is 16.7 Å². The van der Waals surface area contributed by atoms with Gasteiger partial charge in [-0.1, -0.05) is 20.8 Å². The number of amides is 1. The van der Waals surface area contributed by atoms with Gasteiger partial charge in [0, 0.05) is 0 Å². The molecule has 0 aromatic rings. The smallest absolute Gasteiger partial charge is 0.307 e. The molecule has 4 heteroatoms. The van der Waals surface area contributed by atoms with E-state index in [1.165, 1.54) is 0 Å². The molecule has 0 spiro atoms. The summed E-state index contributed by atoms with van der Waals surface area (Å²) in [4.78, 5) is 22.3. The number of carbonyl (C=O) groups is 2. The number of carboxylic acid groups (broad SMARTS) is 1. The van der Waals surface area contributed by atoms with Crippen molar-refractivity contribution in [1.82, 2.24) is 0 Å². The van der Waals surface area contributed by atoms with Gasteiger partial charge >= 0.3 is 5.97 Å². The molecule has 1 amide bonds. The molecule has 80 valence electrons. The van der Waals surface area contributed by atoms with Gasteiger partial charge in [0.1, 0.15) is 0 Å². The van der Waals surface area contributed by atoms with Gasteiger partial charge in [-0.15, -0.1) is 0 Å². The van der Waals surface area contributed by atoms with Gasteiger partial charge in [-0.25, -0.2) is 0 Å². The Morgan fingerprint density at radius 2 is 1.86 bits per heavy atom. The number of hydrogen-bond acceptors (Lipinski definition) is 2. The molecule has 0 bridgehead atoms. The molecule has 1 aliphatic carbocycles. The van der Waals surface area contributed by atoms with Gasteiger partial charge in [-0.2, -0.15) is 0 Å². The van der Waals surface area contributed by atoms with Crippen LogP contribution in [0.3, 0.4) is 0 Å². The first-order chi connectivity index (χ1) is 6.23. The number of hydrogen-bond donors (Lipinski definition) is 2. The first-order valence-corrected chi connectivity index (χ1v) is 4.76. The Morgan fingerprint density at radius 3 is 2.07 bits per heavy atom. The molecular weight excluding hydrogens is 182 g/mol. The average molecular weight is 199 g/mol. The van der Waals surface area contributed by atoms with Gasteiger partial charge in [0.15, 0.2) is 0 Å². The molecule has 0 radical (unpaired) electrons. The molecule has 0 saturated heterocycles. The standard InChI is InChI=1S/C10H17NO3/c1-9(2)6(7(12)13)4-5-10(9,3)8(11)14/h6H,4-5H2,1-3H3,(H2,11,14)(H,12,13)/t6-,10+/m1/s1. The maximum absolute atomic E-state index is 11.3. The van der Waals surface area contributed by atoms with Crippen LogP contribution in [-0.4, -0.2) is 17.0 Å². The lowest BCUT2D eigenvalue weighted by atomic mass is 9.65. The summed E-state index contributed by atoms with van der Waals surface area (Å²) in [7, 11) is 0.